The van der Waals surface area contributed by atoms with Crippen LogP contribution < -0.4 is 14.4 Å². The largest absolute Gasteiger partial charge is 0.490 e. The molecule has 0 unspecified atom stereocenters. The van der Waals surface area contributed by atoms with E-state index in [0.717, 1.165) is 17.2 Å². The first kappa shape index (κ1) is 21.2. The zero-order chi connectivity index (χ0) is 22.2. The third-order valence-corrected chi connectivity index (χ3v) is 6.77. The summed E-state index contributed by atoms with van der Waals surface area (Å²) in [6, 6.07) is 17.7. The lowest BCUT2D eigenvalue weighted by Crippen LogP contribution is -2.42. The third-order valence-electron chi connectivity index (χ3n) is 5.39. The molecule has 0 aromatic heterocycles. The normalized spacial score (nSPS) is 15.8. The van der Waals surface area contributed by atoms with Gasteiger partial charge in [-0.3, -0.25) is 9.52 Å². The minimum Gasteiger partial charge on any atom is -0.490 e. The molecule has 1 amide bonds. The number of fused-ring (bicyclic) bond motifs is 2. The first-order valence-corrected chi connectivity index (χ1v) is 11.8. The minimum atomic E-state index is -3.78. The number of sulfonamides is 1. The summed E-state index contributed by atoms with van der Waals surface area (Å²) in [5.74, 6) is 0.490. The summed E-state index contributed by atoms with van der Waals surface area (Å²) in [5.41, 5.74) is 0.375. The highest BCUT2D eigenvalue weighted by atomic mass is 32.2. The number of carbonyl (C=O) groups excluding carboxylic acids is 1. The molecule has 162 valence electrons. The van der Waals surface area contributed by atoms with Crippen molar-refractivity contribution in [3.8, 4) is 5.75 Å². The summed E-state index contributed by atoms with van der Waals surface area (Å²) in [7, 11) is -3.78. The van der Waals surface area contributed by atoms with Crippen LogP contribution in [0.2, 0.25) is 0 Å². The molecule has 0 saturated carbocycles. The Morgan fingerprint density at radius 1 is 1.03 bits per heavy atom. The van der Waals surface area contributed by atoms with Crippen molar-refractivity contribution in [2.75, 3.05) is 22.8 Å². The van der Waals surface area contributed by atoms with Gasteiger partial charge in [-0.25, -0.2) is 8.42 Å². The fourth-order valence-electron chi connectivity index (χ4n) is 3.71. The van der Waals surface area contributed by atoms with Crippen LogP contribution in [0.25, 0.3) is 10.8 Å². The topological polar surface area (TPSA) is 75.7 Å². The molecule has 7 heteroatoms. The summed E-state index contributed by atoms with van der Waals surface area (Å²) in [4.78, 5) is 14.9. The Kier molecular flexibility index (Phi) is 5.39. The van der Waals surface area contributed by atoms with Gasteiger partial charge in [0.25, 0.3) is 10.0 Å². The Morgan fingerprint density at radius 3 is 2.52 bits per heavy atom. The zero-order valence-corrected chi connectivity index (χ0v) is 18.7. The Hall–Kier alpha value is -3.06. The highest BCUT2D eigenvalue weighted by Gasteiger charge is 2.37. The SMILES string of the molecule is CCCN1C(=O)C(C)(C)COc2cc(NS(=O)(=O)c3ccc4ccccc4c3)ccc21. The van der Waals surface area contributed by atoms with Gasteiger partial charge in [0.1, 0.15) is 12.4 Å². The van der Waals surface area contributed by atoms with E-state index in [-0.39, 0.29) is 17.4 Å². The highest BCUT2D eigenvalue weighted by molar-refractivity contribution is 7.92. The van der Waals surface area contributed by atoms with E-state index in [1.807, 2.05) is 45.0 Å². The van der Waals surface area contributed by atoms with Crippen LogP contribution in [0.1, 0.15) is 27.2 Å². The summed E-state index contributed by atoms with van der Waals surface area (Å²) >= 11 is 0. The second kappa shape index (κ2) is 7.89. The molecular formula is C24H26N2O4S. The summed E-state index contributed by atoms with van der Waals surface area (Å²) in [5, 5.41) is 1.83. The molecule has 1 aliphatic rings. The molecule has 6 nitrogen and oxygen atoms in total. The summed E-state index contributed by atoms with van der Waals surface area (Å²) < 4.78 is 34.5. The highest BCUT2D eigenvalue weighted by Crippen LogP contribution is 2.38. The van der Waals surface area contributed by atoms with Gasteiger partial charge in [-0.2, -0.15) is 0 Å². The smallest absolute Gasteiger partial charge is 0.261 e. The number of hydrogen-bond donors (Lipinski definition) is 1. The maximum Gasteiger partial charge on any atom is 0.261 e. The van der Waals surface area contributed by atoms with Crippen LogP contribution in [0, 0.1) is 5.41 Å². The van der Waals surface area contributed by atoms with Gasteiger partial charge < -0.3 is 9.64 Å². The van der Waals surface area contributed by atoms with Gasteiger partial charge in [-0.05, 0) is 55.3 Å². The standard InChI is InChI=1S/C24H26N2O4S/c1-4-13-26-21-12-10-19(15-22(21)30-16-24(2,3)23(26)27)25-31(28,29)20-11-9-17-7-5-6-8-18(17)14-20/h5-12,14-15,25H,4,13,16H2,1-3H3. The van der Waals surface area contributed by atoms with Crippen molar-refractivity contribution in [3.05, 3.63) is 60.7 Å². The third kappa shape index (κ3) is 4.10. The van der Waals surface area contributed by atoms with Crippen LogP contribution in [0.4, 0.5) is 11.4 Å². The van der Waals surface area contributed by atoms with Crippen molar-refractivity contribution >= 4 is 38.1 Å². The lowest BCUT2D eigenvalue weighted by atomic mass is 9.93. The molecule has 0 fully saturated rings. The Balaban J connectivity index is 1.67. The number of nitrogens with one attached hydrogen (secondary N) is 1. The molecule has 3 aromatic rings. The van der Waals surface area contributed by atoms with E-state index in [4.69, 9.17) is 4.74 Å². The lowest BCUT2D eigenvalue weighted by Gasteiger charge is -2.27. The number of benzene rings is 3. The van der Waals surface area contributed by atoms with E-state index in [2.05, 4.69) is 4.72 Å². The first-order valence-electron chi connectivity index (χ1n) is 10.3. The number of anilines is 2. The number of ether oxygens (including phenoxy) is 1. The molecular weight excluding hydrogens is 412 g/mol. The number of amides is 1. The van der Waals surface area contributed by atoms with E-state index in [1.165, 1.54) is 0 Å². The zero-order valence-electron chi connectivity index (χ0n) is 17.9. The van der Waals surface area contributed by atoms with Crippen LogP contribution >= 0.6 is 0 Å². The molecule has 0 atom stereocenters. The van der Waals surface area contributed by atoms with Gasteiger partial charge in [-0.15, -0.1) is 0 Å². The van der Waals surface area contributed by atoms with Gasteiger partial charge in [0, 0.05) is 12.6 Å². The number of nitrogens with zero attached hydrogens (tertiary/aromatic N) is 1. The van der Waals surface area contributed by atoms with Crippen molar-refractivity contribution in [2.24, 2.45) is 5.41 Å². The minimum absolute atomic E-state index is 0.00223. The molecule has 0 saturated heterocycles. The van der Waals surface area contributed by atoms with E-state index in [0.29, 0.717) is 23.7 Å². The number of rotatable bonds is 5. The maximum atomic E-state index is 13.0. The second-order valence-corrected chi connectivity index (χ2v) is 10.1. The average molecular weight is 439 g/mol. The van der Waals surface area contributed by atoms with Crippen LogP contribution in [-0.4, -0.2) is 27.5 Å². The maximum absolute atomic E-state index is 13.0. The molecule has 1 N–H and O–H groups in total. The van der Waals surface area contributed by atoms with Gasteiger partial charge in [0.15, 0.2) is 0 Å². The summed E-state index contributed by atoms with van der Waals surface area (Å²) in [6.07, 6.45) is 0.803. The molecule has 0 bridgehead atoms. The molecule has 1 aliphatic heterocycles. The van der Waals surface area contributed by atoms with Crippen molar-refractivity contribution in [3.63, 3.8) is 0 Å². The Bertz CT molecular complexity index is 1250. The van der Waals surface area contributed by atoms with Crippen molar-refractivity contribution < 1.29 is 17.9 Å². The summed E-state index contributed by atoms with van der Waals surface area (Å²) in [6.45, 7) is 6.51. The van der Waals surface area contributed by atoms with E-state index < -0.39 is 15.4 Å². The van der Waals surface area contributed by atoms with Gasteiger partial charge in [0.2, 0.25) is 5.91 Å². The fourth-order valence-corrected chi connectivity index (χ4v) is 4.79. The molecule has 4 rings (SSSR count). The Morgan fingerprint density at radius 2 is 1.77 bits per heavy atom. The fraction of sp³-hybridized carbons (Fsp3) is 0.292. The van der Waals surface area contributed by atoms with Crippen LogP contribution in [0.15, 0.2) is 65.6 Å². The quantitative estimate of drug-likeness (QED) is 0.621. The number of carbonyl (C=O) groups is 1. The van der Waals surface area contributed by atoms with Crippen LogP contribution in [0.3, 0.4) is 0 Å². The first-order chi connectivity index (χ1) is 14.7. The van der Waals surface area contributed by atoms with Crippen LogP contribution in [0.5, 0.6) is 5.75 Å². The van der Waals surface area contributed by atoms with Gasteiger partial charge >= 0.3 is 0 Å². The lowest BCUT2D eigenvalue weighted by molar-refractivity contribution is -0.127. The monoisotopic (exact) mass is 438 g/mol. The van der Waals surface area contributed by atoms with Gasteiger partial charge in [0.05, 0.1) is 21.7 Å². The Labute approximate surface area is 182 Å². The molecule has 0 aliphatic carbocycles. The van der Waals surface area contributed by atoms with E-state index >= 15 is 0 Å². The predicted molar refractivity (Wildman–Crippen MR) is 123 cm³/mol. The number of hydrogen-bond acceptors (Lipinski definition) is 4. The second-order valence-electron chi connectivity index (χ2n) is 8.43. The molecule has 0 radical (unpaired) electrons. The average Bonchev–Trinajstić information content (AvgIpc) is 2.83. The molecule has 31 heavy (non-hydrogen) atoms. The molecule has 1 heterocycles. The van der Waals surface area contributed by atoms with E-state index in [9.17, 15) is 13.2 Å². The van der Waals surface area contributed by atoms with E-state index in [1.54, 1.807) is 41.3 Å². The van der Waals surface area contributed by atoms with Gasteiger partial charge in [-0.1, -0.05) is 37.3 Å². The van der Waals surface area contributed by atoms with Crippen molar-refractivity contribution in [1.82, 2.24) is 0 Å². The molecule has 0 spiro atoms. The van der Waals surface area contributed by atoms with Crippen molar-refractivity contribution in [1.29, 1.82) is 0 Å². The predicted octanol–water partition coefficient (Wildman–Crippen LogP) is 4.80. The van der Waals surface area contributed by atoms with Crippen LogP contribution in [-0.2, 0) is 14.8 Å². The molecule has 3 aromatic carbocycles. The van der Waals surface area contributed by atoms with Crippen molar-refractivity contribution in [2.45, 2.75) is 32.1 Å².